The zero-order chi connectivity index (χ0) is 18.2. The van der Waals surface area contributed by atoms with Gasteiger partial charge in [-0.2, -0.15) is 0 Å². The van der Waals surface area contributed by atoms with Crippen molar-refractivity contribution in [1.29, 1.82) is 0 Å². The number of nitrogens with one attached hydrogen (secondary N) is 1. The summed E-state index contributed by atoms with van der Waals surface area (Å²) in [5.41, 5.74) is 3.54. The van der Waals surface area contributed by atoms with Crippen LogP contribution in [-0.4, -0.2) is 40.5 Å². The number of ether oxygens (including phenoxy) is 2. The van der Waals surface area contributed by atoms with Crippen molar-refractivity contribution in [2.75, 3.05) is 19.8 Å². The summed E-state index contributed by atoms with van der Waals surface area (Å²) in [4.78, 5) is 22.4. The zero-order valence-electron chi connectivity index (χ0n) is 15.0. The lowest BCUT2D eigenvalue weighted by Gasteiger charge is -2.26. The minimum atomic E-state index is 0.0566. The summed E-state index contributed by atoms with van der Waals surface area (Å²) in [6.07, 6.45) is 4.48. The second-order valence-electron chi connectivity index (χ2n) is 7.05. The molecule has 6 heteroatoms. The average Bonchev–Trinajstić information content (AvgIpc) is 3.31. The molecule has 1 fully saturated rings. The van der Waals surface area contributed by atoms with Gasteiger partial charge in [0.1, 0.15) is 0 Å². The third kappa shape index (κ3) is 2.91. The van der Waals surface area contributed by atoms with Crippen LogP contribution >= 0.6 is 0 Å². The van der Waals surface area contributed by atoms with Gasteiger partial charge in [-0.3, -0.25) is 4.79 Å². The highest BCUT2D eigenvalue weighted by Crippen LogP contribution is 2.38. The first-order chi connectivity index (χ1) is 13.3. The predicted molar refractivity (Wildman–Crippen MR) is 101 cm³/mol. The Balaban J connectivity index is 1.44. The fourth-order valence-electron chi connectivity index (χ4n) is 3.98. The summed E-state index contributed by atoms with van der Waals surface area (Å²) in [5, 5.41) is 0. The molecule has 6 nitrogen and oxygen atoms in total. The molecule has 0 spiro atoms. The van der Waals surface area contributed by atoms with Gasteiger partial charge in [-0.05, 0) is 48.7 Å². The van der Waals surface area contributed by atoms with Crippen LogP contribution in [0.3, 0.4) is 0 Å². The summed E-state index contributed by atoms with van der Waals surface area (Å²) in [7, 11) is 0. The average molecular weight is 363 g/mol. The number of hydrogen-bond acceptors (Lipinski definition) is 4. The van der Waals surface area contributed by atoms with E-state index in [-0.39, 0.29) is 11.9 Å². The fourth-order valence-corrected chi connectivity index (χ4v) is 3.98. The van der Waals surface area contributed by atoms with Gasteiger partial charge in [0.2, 0.25) is 0 Å². The maximum Gasteiger partial charge on any atom is 0.254 e. The van der Waals surface area contributed by atoms with Crippen molar-refractivity contribution in [3.05, 3.63) is 53.9 Å². The minimum Gasteiger partial charge on any atom is -0.490 e. The van der Waals surface area contributed by atoms with E-state index in [4.69, 9.17) is 9.47 Å². The monoisotopic (exact) mass is 363 g/mol. The predicted octanol–water partition coefficient (Wildman–Crippen LogP) is 3.70. The number of nitrogens with zero attached hydrogens (tertiary/aromatic N) is 2. The fraction of sp³-hybridized carbons (Fsp3) is 0.333. The molecule has 0 aliphatic carbocycles. The molecule has 3 heterocycles. The molecular formula is C21H21N3O3. The standard InChI is InChI=1S/C21H21N3O3/c25-21(15-4-6-16-17(11-15)23-13-22-16)24-8-1-3-18(24)14-5-7-19-20(12-14)27-10-2-9-26-19/h4-7,11-13,18H,1-3,8-10H2,(H,22,23)/t18-/m0/s1. The van der Waals surface area contributed by atoms with E-state index in [0.29, 0.717) is 18.8 Å². The number of imidazole rings is 1. The molecule has 1 N–H and O–H groups in total. The summed E-state index contributed by atoms with van der Waals surface area (Å²) < 4.78 is 11.6. The molecule has 5 rings (SSSR count). The molecular weight excluding hydrogens is 342 g/mol. The van der Waals surface area contributed by atoms with Gasteiger partial charge in [0.15, 0.2) is 11.5 Å². The second-order valence-corrected chi connectivity index (χ2v) is 7.05. The molecule has 0 radical (unpaired) electrons. The number of H-pyrrole nitrogens is 1. The van der Waals surface area contributed by atoms with Gasteiger partial charge in [-0.25, -0.2) is 4.98 Å². The first-order valence-electron chi connectivity index (χ1n) is 9.43. The lowest BCUT2D eigenvalue weighted by atomic mass is 10.0. The molecule has 2 aromatic carbocycles. The Bertz CT molecular complexity index is 997. The third-order valence-corrected chi connectivity index (χ3v) is 5.34. The van der Waals surface area contributed by atoms with E-state index in [1.807, 2.05) is 35.2 Å². The number of aromatic nitrogens is 2. The van der Waals surface area contributed by atoms with Crippen molar-refractivity contribution < 1.29 is 14.3 Å². The summed E-state index contributed by atoms with van der Waals surface area (Å²) in [6.45, 7) is 2.10. The minimum absolute atomic E-state index is 0.0566. The molecule has 1 aromatic heterocycles. The van der Waals surface area contributed by atoms with Gasteiger partial charge in [0, 0.05) is 18.5 Å². The molecule has 1 atom stereocenters. The Kier molecular flexibility index (Phi) is 3.96. The number of rotatable bonds is 2. The molecule has 0 saturated carbocycles. The van der Waals surface area contributed by atoms with Gasteiger partial charge in [0.25, 0.3) is 5.91 Å². The third-order valence-electron chi connectivity index (χ3n) is 5.34. The number of carbonyl (C=O) groups is 1. The molecule has 2 aliphatic rings. The highest BCUT2D eigenvalue weighted by Gasteiger charge is 2.31. The van der Waals surface area contributed by atoms with Crippen molar-refractivity contribution in [3.8, 4) is 11.5 Å². The van der Waals surface area contributed by atoms with Crippen LogP contribution in [0.25, 0.3) is 11.0 Å². The van der Waals surface area contributed by atoms with Gasteiger partial charge in [-0.15, -0.1) is 0 Å². The maximum absolute atomic E-state index is 13.2. The maximum atomic E-state index is 13.2. The summed E-state index contributed by atoms with van der Waals surface area (Å²) in [6, 6.07) is 11.7. The van der Waals surface area contributed by atoms with Gasteiger partial charge >= 0.3 is 0 Å². The molecule has 0 unspecified atom stereocenters. The van der Waals surface area contributed by atoms with Gasteiger partial charge in [0.05, 0.1) is 36.6 Å². The molecule has 138 valence electrons. The van der Waals surface area contributed by atoms with Crippen molar-refractivity contribution >= 4 is 16.9 Å². The van der Waals surface area contributed by atoms with Crippen LogP contribution in [0.5, 0.6) is 11.5 Å². The van der Waals surface area contributed by atoms with E-state index >= 15 is 0 Å². The SMILES string of the molecule is O=C(c1ccc2nc[nH]c2c1)N1CCC[C@H]1c1ccc2c(c1)OCCCO2. The van der Waals surface area contributed by atoms with E-state index in [0.717, 1.165) is 53.9 Å². The number of hydrogen-bond donors (Lipinski definition) is 1. The van der Waals surface area contributed by atoms with Crippen molar-refractivity contribution in [2.45, 2.75) is 25.3 Å². The highest BCUT2D eigenvalue weighted by atomic mass is 16.5. The Morgan fingerprint density at radius 3 is 2.89 bits per heavy atom. The van der Waals surface area contributed by atoms with Crippen molar-refractivity contribution in [3.63, 3.8) is 0 Å². The van der Waals surface area contributed by atoms with Gasteiger partial charge in [-0.1, -0.05) is 6.07 Å². The molecule has 0 bridgehead atoms. The smallest absolute Gasteiger partial charge is 0.254 e. The number of fused-ring (bicyclic) bond motifs is 2. The van der Waals surface area contributed by atoms with E-state index in [2.05, 4.69) is 16.0 Å². The Hall–Kier alpha value is -3.02. The molecule has 1 amide bonds. The Morgan fingerprint density at radius 1 is 1.07 bits per heavy atom. The first kappa shape index (κ1) is 16.2. The number of benzene rings is 2. The van der Waals surface area contributed by atoms with Crippen molar-refractivity contribution in [2.24, 2.45) is 0 Å². The topological polar surface area (TPSA) is 67.5 Å². The van der Waals surface area contributed by atoms with Crippen LogP contribution in [0.4, 0.5) is 0 Å². The summed E-state index contributed by atoms with van der Waals surface area (Å²) >= 11 is 0. The van der Waals surface area contributed by atoms with Crippen molar-refractivity contribution in [1.82, 2.24) is 14.9 Å². The lowest BCUT2D eigenvalue weighted by molar-refractivity contribution is 0.0735. The highest BCUT2D eigenvalue weighted by molar-refractivity contribution is 5.97. The van der Waals surface area contributed by atoms with Crippen LogP contribution in [-0.2, 0) is 0 Å². The van der Waals surface area contributed by atoms with Crippen LogP contribution in [0.15, 0.2) is 42.7 Å². The van der Waals surface area contributed by atoms with Crippen LogP contribution in [0.2, 0.25) is 0 Å². The zero-order valence-corrected chi connectivity index (χ0v) is 15.0. The van der Waals surface area contributed by atoms with Crippen LogP contribution < -0.4 is 9.47 Å². The van der Waals surface area contributed by atoms with E-state index in [9.17, 15) is 4.79 Å². The second kappa shape index (κ2) is 6.61. The lowest BCUT2D eigenvalue weighted by Crippen LogP contribution is -2.30. The number of aromatic amines is 1. The summed E-state index contributed by atoms with van der Waals surface area (Å²) in [5.74, 6) is 1.63. The molecule has 2 aliphatic heterocycles. The number of likely N-dealkylation sites (tertiary alicyclic amines) is 1. The quantitative estimate of drug-likeness (QED) is 0.754. The Labute approximate surface area is 157 Å². The van der Waals surface area contributed by atoms with E-state index in [1.54, 1.807) is 6.33 Å². The molecule has 3 aromatic rings. The number of amides is 1. The van der Waals surface area contributed by atoms with Gasteiger partial charge < -0.3 is 19.4 Å². The van der Waals surface area contributed by atoms with Crippen LogP contribution in [0, 0.1) is 0 Å². The first-order valence-corrected chi connectivity index (χ1v) is 9.43. The molecule has 1 saturated heterocycles. The number of carbonyl (C=O) groups excluding carboxylic acids is 1. The van der Waals surface area contributed by atoms with E-state index in [1.165, 1.54) is 0 Å². The largest absolute Gasteiger partial charge is 0.490 e. The Morgan fingerprint density at radius 2 is 1.96 bits per heavy atom. The van der Waals surface area contributed by atoms with Crippen LogP contribution in [0.1, 0.15) is 41.2 Å². The molecule has 27 heavy (non-hydrogen) atoms. The van der Waals surface area contributed by atoms with E-state index < -0.39 is 0 Å². The normalized spacial score (nSPS) is 19.3.